The number of hydrogen-bond donors (Lipinski definition) is 1. The number of nitrogens with one attached hydrogen (secondary N) is 1. The van der Waals surface area contributed by atoms with Crippen molar-refractivity contribution < 1.29 is 9.32 Å². The van der Waals surface area contributed by atoms with Crippen molar-refractivity contribution in [3.63, 3.8) is 0 Å². The molecule has 0 bridgehead atoms. The average Bonchev–Trinajstić information content (AvgIpc) is 3.11. The number of benzene rings is 1. The van der Waals surface area contributed by atoms with Gasteiger partial charge in [0.15, 0.2) is 0 Å². The molecule has 0 radical (unpaired) electrons. The zero-order valence-corrected chi connectivity index (χ0v) is 19.4. The Bertz CT molecular complexity index is 860. The van der Waals surface area contributed by atoms with Crippen LogP contribution in [0.2, 0.25) is 0 Å². The molecule has 2 saturated heterocycles. The Morgan fingerprint density at radius 1 is 1.12 bits per heavy atom. The molecule has 2 fully saturated rings. The predicted molar refractivity (Wildman–Crippen MR) is 125 cm³/mol. The van der Waals surface area contributed by atoms with Crippen LogP contribution in [0.15, 0.2) is 28.8 Å². The summed E-state index contributed by atoms with van der Waals surface area (Å²) in [4.78, 5) is 22.1. The summed E-state index contributed by atoms with van der Waals surface area (Å²) in [6, 6.07) is 8.11. The van der Waals surface area contributed by atoms with Crippen LogP contribution in [0.5, 0.6) is 0 Å². The van der Waals surface area contributed by atoms with Gasteiger partial charge in [-0.25, -0.2) is 0 Å². The molecular weight excluding hydrogens is 402 g/mol. The van der Waals surface area contributed by atoms with E-state index < -0.39 is 0 Å². The molecule has 1 atom stereocenters. The van der Waals surface area contributed by atoms with Gasteiger partial charge in [-0.3, -0.25) is 9.69 Å². The van der Waals surface area contributed by atoms with Crippen molar-refractivity contribution in [3.05, 3.63) is 35.7 Å². The molecule has 2 aliphatic heterocycles. The van der Waals surface area contributed by atoms with Crippen LogP contribution in [-0.4, -0.2) is 65.1 Å². The first-order valence-corrected chi connectivity index (χ1v) is 12.3. The molecule has 7 heteroatoms. The summed E-state index contributed by atoms with van der Waals surface area (Å²) in [5.74, 6) is 1.47. The molecule has 32 heavy (non-hydrogen) atoms. The second-order valence-corrected chi connectivity index (χ2v) is 9.36. The average molecular weight is 440 g/mol. The van der Waals surface area contributed by atoms with Gasteiger partial charge in [0, 0.05) is 18.7 Å². The largest absolute Gasteiger partial charge is 0.356 e. The number of piperidine rings is 1. The lowest BCUT2D eigenvalue weighted by Gasteiger charge is -2.31. The minimum absolute atomic E-state index is 0.0427. The van der Waals surface area contributed by atoms with Gasteiger partial charge in [0.25, 0.3) is 0 Å². The lowest BCUT2D eigenvalue weighted by atomic mass is 9.97. The summed E-state index contributed by atoms with van der Waals surface area (Å²) in [5.41, 5.74) is 2.14. The molecule has 0 saturated carbocycles. The number of aromatic nitrogens is 2. The topological polar surface area (TPSA) is 74.5 Å². The quantitative estimate of drug-likeness (QED) is 0.633. The summed E-state index contributed by atoms with van der Waals surface area (Å²) in [5, 5.41) is 7.32. The lowest BCUT2D eigenvalue weighted by Crippen LogP contribution is -2.43. The molecule has 4 rings (SSSR count). The first-order chi connectivity index (χ1) is 15.7. The first-order valence-electron chi connectivity index (χ1n) is 12.3. The van der Waals surface area contributed by atoms with E-state index >= 15 is 0 Å². The normalized spacial score (nSPS) is 20.7. The fraction of sp³-hybridized carbons (Fsp3) is 0.640. The molecular formula is C25H37N5O2. The fourth-order valence-corrected chi connectivity index (χ4v) is 4.84. The fourth-order valence-electron chi connectivity index (χ4n) is 4.84. The molecule has 0 spiro atoms. The van der Waals surface area contributed by atoms with Crippen LogP contribution >= 0.6 is 0 Å². The number of aryl methyl sites for hydroxylation is 1. The van der Waals surface area contributed by atoms with Gasteiger partial charge < -0.3 is 14.7 Å². The van der Waals surface area contributed by atoms with Crippen LogP contribution in [0, 0.1) is 12.8 Å². The second-order valence-electron chi connectivity index (χ2n) is 9.36. The maximum atomic E-state index is 12.7. The Hall–Kier alpha value is -2.25. The highest BCUT2D eigenvalue weighted by molar-refractivity contribution is 5.78. The van der Waals surface area contributed by atoms with Gasteiger partial charge in [0.2, 0.25) is 17.6 Å². The number of rotatable bonds is 8. The van der Waals surface area contributed by atoms with Crippen LogP contribution in [0.3, 0.4) is 0 Å². The SMILES string of the molecule is Cc1cccc(-c2noc(CN3CCCC(C(=O)NCCCN4CCCCCC4)C3)n2)c1. The third-order valence-electron chi connectivity index (χ3n) is 6.63. The number of hydrogen-bond acceptors (Lipinski definition) is 6. The number of nitrogens with zero attached hydrogens (tertiary/aromatic N) is 4. The van der Waals surface area contributed by atoms with Crippen LogP contribution in [-0.2, 0) is 11.3 Å². The summed E-state index contributed by atoms with van der Waals surface area (Å²) < 4.78 is 5.50. The highest BCUT2D eigenvalue weighted by Gasteiger charge is 2.26. The highest BCUT2D eigenvalue weighted by atomic mass is 16.5. The molecule has 1 aromatic carbocycles. The molecule has 7 nitrogen and oxygen atoms in total. The van der Waals surface area contributed by atoms with E-state index in [9.17, 15) is 4.79 Å². The van der Waals surface area contributed by atoms with Crippen LogP contribution in [0.25, 0.3) is 11.4 Å². The van der Waals surface area contributed by atoms with Crippen molar-refractivity contribution in [2.24, 2.45) is 5.92 Å². The van der Waals surface area contributed by atoms with Crippen molar-refractivity contribution in [2.75, 3.05) is 39.3 Å². The summed E-state index contributed by atoms with van der Waals surface area (Å²) in [6.45, 7) is 8.66. The first kappa shape index (κ1) is 22.9. The molecule has 2 aliphatic rings. The zero-order valence-electron chi connectivity index (χ0n) is 19.4. The number of amides is 1. The van der Waals surface area contributed by atoms with Gasteiger partial charge in [-0.1, -0.05) is 41.8 Å². The van der Waals surface area contributed by atoms with E-state index in [0.29, 0.717) is 18.3 Å². The molecule has 3 heterocycles. The van der Waals surface area contributed by atoms with Gasteiger partial charge >= 0.3 is 0 Å². The Labute approximate surface area is 191 Å². The van der Waals surface area contributed by atoms with Crippen molar-refractivity contribution in [1.29, 1.82) is 0 Å². The highest BCUT2D eigenvalue weighted by Crippen LogP contribution is 2.21. The van der Waals surface area contributed by atoms with Crippen molar-refractivity contribution in [3.8, 4) is 11.4 Å². The minimum Gasteiger partial charge on any atom is -0.356 e. The van der Waals surface area contributed by atoms with Gasteiger partial charge in [0.05, 0.1) is 12.5 Å². The Morgan fingerprint density at radius 2 is 1.94 bits per heavy atom. The van der Waals surface area contributed by atoms with Crippen LogP contribution in [0.4, 0.5) is 0 Å². The summed E-state index contributed by atoms with van der Waals surface area (Å²) in [6.07, 6.45) is 8.36. The lowest BCUT2D eigenvalue weighted by molar-refractivity contribution is -0.126. The smallest absolute Gasteiger partial charge is 0.241 e. The molecule has 1 aromatic heterocycles. The molecule has 2 aromatic rings. The van der Waals surface area contributed by atoms with Crippen molar-refractivity contribution >= 4 is 5.91 Å². The third-order valence-corrected chi connectivity index (χ3v) is 6.63. The van der Waals surface area contributed by atoms with E-state index in [1.165, 1.54) is 44.3 Å². The number of likely N-dealkylation sites (tertiary alicyclic amines) is 2. The maximum absolute atomic E-state index is 12.7. The predicted octanol–water partition coefficient (Wildman–Crippen LogP) is 3.64. The van der Waals surface area contributed by atoms with E-state index in [-0.39, 0.29) is 11.8 Å². The molecule has 174 valence electrons. The van der Waals surface area contributed by atoms with Crippen LogP contribution < -0.4 is 5.32 Å². The van der Waals surface area contributed by atoms with Crippen molar-refractivity contribution in [1.82, 2.24) is 25.3 Å². The third kappa shape index (κ3) is 6.62. The Kier molecular flexibility index (Phi) is 8.29. The van der Waals surface area contributed by atoms with Gasteiger partial charge in [-0.15, -0.1) is 0 Å². The standard InChI is InChI=1S/C25H37N5O2/c1-20-9-6-10-21(17-20)24-27-23(32-28-24)19-30-15-7-11-22(18-30)25(31)26-12-8-16-29-13-4-2-3-5-14-29/h6,9-10,17,22H,2-5,7-8,11-16,18-19H2,1H3,(H,26,31). The Balaban J connectivity index is 1.20. The minimum atomic E-state index is 0.0427. The van der Waals surface area contributed by atoms with Gasteiger partial charge in [0.1, 0.15) is 0 Å². The number of carbonyl (C=O) groups excluding carboxylic acids is 1. The van der Waals surface area contributed by atoms with E-state index in [2.05, 4.69) is 44.3 Å². The molecule has 1 amide bonds. The van der Waals surface area contributed by atoms with Crippen LogP contribution in [0.1, 0.15) is 56.4 Å². The van der Waals surface area contributed by atoms with Gasteiger partial charge in [-0.2, -0.15) is 4.98 Å². The Morgan fingerprint density at radius 3 is 2.75 bits per heavy atom. The van der Waals surface area contributed by atoms with E-state index in [0.717, 1.165) is 51.0 Å². The molecule has 1 N–H and O–H groups in total. The van der Waals surface area contributed by atoms with E-state index in [4.69, 9.17) is 4.52 Å². The summed E-state index contributed by atoms with van der Waals surface area (Å²) >= 11 is 0. The van der Waals surface area contributed by atoms with E-state index in [1.54, 1.807) is 0 Å². The monoisotopic (exact) mass is 439 g/mol. The zero-order chi connectivity index (χ0) is 22.2. The molecule has 0 aliphatic carbocycles. The summed E-state index contributed by atoms with van der Waals surface area (Å²) in [7, 11) is 0. The molecule has 1 unspecified atom stereocenters. The number of carbonyl (C=O) groups is 1. The second kappa shape index (κ2) is 11.6. The van der Waals surface area contributed by atoms with Crippen molar-refractivity contribution in [2.45, 2.75) is 58.4 Å². The maximum Gasteiger partial charge on any atom is 0.241 e. The van der Waals surface area contributed by atoms with Gasteiger partial charge in [-0.05, 0) is 71.3 Å². The van der Waals surface area contributed by atoms with E-state index in [1.807, 2.05) is 12.1 Å².